The summed E-state index contributed by atoms with van der Waals surface area (Å²) >= 11 is 1.51. The van der Waals surface area contributed by atoms with Crippen LogP contribution in [0.25, 0.3) is 37.7 Å². The van der Waals surface area contributed by atoms with Gasteiger partial charge in [-0.1, -0.05) is 42.5 Å². The Kier molecular flexibility index (Phi) is 7.30. The predicted octanol–water partition coefficient (Wildman–Crippen LogP) is 10.8. The minimum atomic E-state index is -0.339. The first-order valence-electron chi connectivity index (χ1n) is 14.3. The van der Waals surface area contributed by atoms with Crippen LogP contribution in [-0.4, -0.2) is 5.78 Å². The highest BCUT2D eigenvalue weighted by molar-refractivity contribution is 7.16. The molecule has 218 valence electrons. The number of carbonyl (C=O) groups is 1. The summed E-state index contributed by atoms with van der Waals surface area (Å²) in [6.07, 6.45) is 1.77. The maximum Gasteiger partial charge on any atom is 0.270 e. The van der Waals surface area contributed by atoms with E-state index in [2.05, 4.69) is 10.9 Å². The molecule has 1 aliphatic rings. The van der Waals surface area contributed by atoms with Crippen LogP contribution in [0.4, 0.5) is 25.8 Å². The average molecular weight is 618 g/mol. The summed E-state index contributed by atoms with van der Waals surface area (Å²) in [4.78, 5) is 20.5. The van der Waals surface area contributed by atoms with Gasteiger partial charge in [-0.3, -0.25) is 4.79 Å². The molecule has 0 N–H and O–H groups in total. The second-order valence-electron chi connectivity index (χ2n) is 10.6. The SMILES string of the molecule is [C-]#[N+]/C(C#N)=C1\C(=C/c2ccc(-c3ccc4cc(N(c5ccc(F)cc5)c5ccc(F)cc5)ccc4c3)s2)C(=O)c2ccccc21. The van der Waals surface area contributed by atoms with E-state index < -0.39 is 0 Å². The third kappa shape index (κ3) is 5.16. The molecule has 0 radical (unpaired) electrons. The number of nitrogens with zero attached hydrogens (tertiary/aromatic N) is 3. The lowest BCUT2D eigenvalue weighted by Crippen LogP contribution is -2.10. The van der Waals surface area contributed by atoms with Gasteiger partial charge in [0.15, 0.2) is 5.78 Å². The number of thiophene rings is 1. The molecule has 6 aromatic rings. The Morgan fingerprint density at radius 1 is 0.761 bits per heavy atom. The Bertz CT molecular complexity index is 2260. The van der Waals surface area contributed by atoms with Crippen molar-refractivity contribution in [2.75, 3.05) is 4.90 Å². The highest BCUT2D eigenvalue weighted by Crippen LogP contribution is 2.42. The zero-order chi connectivity index (χ0) is 31.8. The topological polar surface area (TPSA) is 48.5 Å². The first kappa shape index (κ1) is 28.6. The monoisotopic (exact) mass is 617 g/mol. The Morgan fingerprint density at radius 3 is 2.02 bits per heavy atom. The number of Topliss-reactive ketones (excluding diaryl/α,β-unsaturated/α-hetero) is 1. The molecule has 0 spiro atoms. The van der Waals surface area contributed by atoms with Gasteiger partial charge in [0.2, 0.25) is 0 Å². The highest BCUT2D eigenvalue weighted by Gasteiger charge is 2.32. The van der Waals surface area contributed by atoms with Crippen molar-refractivity contribution in [1.82, 2.24) is 0 Å². The van der Waals surface area contributed by atoms with Crippen molar-refractivity contribution in [2.24, 2.45) is 0 Å². The Balaban J connectivity index is 1.23. The maximum absolute atomic E-state index is 13.7. The first-order valence-corrected chi connectivity index (χ1v) is 15.1. The minimum absolute atomic E-state index is 0.104. The van der Waals surface area contributed by atoms with Crippen molar-refractivity contribution in [3.63, 3.8) is 0 Å². The molecule has 7 rings (SSSR count). The summed E-state index contributed by atoms with van der Waals surface area (Å²) in [5.41, 5.74) is 5.04. The number of rotatable bonds is 5. The molecule has 0 atom stereocenters. The largest absolute Gasteiger partial charge is 0.310 e. The molecular weight excluding hydrogens is 597 g/mol. The van der Waals surface area contributed by atoms with Crippen LogP contribution in [0.2, 0.25) is 0 Å². The van der Waals surface area contributed by atoms with Gasteiger partial charge in [0.1, 0.15) is 11.6 Å². The number of benzene rings is 5. The Hall–Kier alpha value is -6.15. The number of nitriles is 1. The molecule has 7 heteroatoms. The molecule has 1 aromatic heterocycles. The standard InChI is InChI=1S/C39H21F2N3OS/c1-43-36(23-42)38-33-4-2-3-5-34(33)39(45)35(38)22-32-18-19-37(46-32)26-7-6-25-21-31(13-8-24(25)20-26)44(29-14-9-27(40)10-15-29)30-16-11-28(41)12-17-30/h2-22H/b35-22+,38-36-. The van der Waals surface area contributed by atoms with Gasteiger partial charge in [-0.2, -0.15) is 0 Å². The average Bonchev–Trinajstić information content (AvgIpc) is 3.66. The van der Waals surface area contributed by atoms with E-state index >= 15 is 0 Å². The molecule has 1 heterocycles. The predicted molar refractivity (Wildman–Crippen MR) is 180 cm³/mol. The van der Waals surface area contributed by atoms with Gasteiger partial charge in [-0.25, -0.2) is 18.9 Å². The molecule has 1 aliphatic carbocycles. The molecule has 0 saturated heterocycles. The second-order valence-corrected chi connectivity index (χ2v) is 11.7. The lowest BCUT2D eigenvalue weighted by Gasteiger charge is -2.25. The molecule has 46 heavy (non-hydrogen) atoms. The number of carbonyl (C=O) groups excluding carboxylic acids is 1. The molecule has 0 aliphatic heterocycles. The van der Waals surface area contributed by atoms with Crippen LogP contribution in [0, 0.1) is 29.5 Å². The van der Waals surface area contributed by atoms with Crippen molar-refractivity contribution in [1.29, 1.82) is 5.26 Å². The van der Waals surface area contributed by atoms with Gasteiger partial charge >= 0.3 is 0 Å². The fraction of sp³-hybridized carbons (Fsp3) is 0. The van der Waals surface area contributed by atoms with Gasteiger partial charge in [-0.15, -0.1) is 11.3 Å². The number of fused-ring (bicyclic) bond motifs is 2. The number of ketones is 1. The molecule has 4 nitrogen and oxygen atoms in total. The van der Waals surface area contributed by atoms with Crippen LogP contribution in [0.3, 0.4) is 0 Å². The fourth-order valence-electron chi connectivity index (χ4n) is 5.71. The van der Waals surface area contributed by atoms with Crippen LogP contribution in [0.5, 0.6) is 0 Å². The van der Waals surface area contributed by atoms with Crippen molar-refractivity contribution in [2.45, 2.75) is 0 Å². The van der Waals surface area contributed by atoms with E-state index in [4.69, 9.17) is 6.57 Å². The van der Waals surface area contributed by atoms with Gasteiger partial charge in [0.05, 0.1) is 12.6 Å². The fourth-order valence-corrected chi connectivity index (χ4v) is 6.66. The number of hydrogen-bond donors (Lipinski definition) is 0. The quantitative estimate of drug-likeness (QED) is 0.110. The Morgan fingerprint density at radius 2 is 1.37 bits per heavy atom. The van der Waals surface area contributed by atoms with E-state index in [0.29, 0.717) is 22.3 Å². The van der Waals surface area contributed by atoms with Gasteiger partial charge < -0.3 is 4.90 Å². The van der Waals surface area contributed by atoms with Crippen molar-refractivity contribution in [3.05, 3.63) is 172 Å². The van der Waals surface area contributed by atoms with Gasteiger partial charge in [0.25, 0.3) is 5.70 Å². The van der Waals surface area contributed by atoms with Gasteiger partial charge in [0, 0.05) is 43.5 Å². The van der Waals surface area contributed by atoms with E-state index in [1.54, 1.807) is 54.6 Å². The summed E-state index contributed by atoms with van der Waals surface area (Å²) in [5, 5.41) is 11.6. The van der Waals surface area contributed by atoms with E-state index in [-0.39, 0.29) is 23.1 Å². The number of hydrogen-bond acceptors (Lipinski definition) is 4. The summed E-state index contributed by atoms with van der Waals surface area (Å²) < 4.78 is 27.5. The van der Waals surface area contributed by atoms with Crippen LogP contribution < -0.4 is 4.90 Å². The molecule has 0 fully saturated rings. The minimum Gasteiger partial charge on any atom is -0.310 e. The molecule has 0 saturated carbocycles. The number of anilines is 3. The first-order chi connectivity index (χ1) is 22.4. The lowest BCUT2D eigenvalue weighted by atomic mass is 10.0. The van der Waals surface area contributed by atoms with Crippen LogP contribution >= 0.6 is 11.3 Å². The summed E-state index contributed by atoms with van der Waals surface area (Å²) in [7, 11) is 0. The molecule has 5 aromatic carbocycles. The summed E-state index contributed by atoms with van der Waals surface area (Å²) in [6, 6.07) is 37.5. The second kappa shape index (κ2) is 11.7. The third-order valence-electron chi connectivity index (χ3n) is 7.86. The smallest absolute Gasteiger partial charge is 0.270 e. The molecular formula is C39H21F2N3OS. The molecule has 0 bridgehead atoms. The van der Waals surface area contributed by atoms with Crippen molar-refractivity contribution < 1.29 is 13.6 Å². The molecule has 0 unspecified atom stereocenters. The molecule has 0 amide bonds. The zero-order valence-corrected chi connectivity index (χ0v) is 24.9. The number of allylic oxidation sites excluding steroid dienone is 3. The zero-order valence-electron chi connectivity index (χ0n) is 24.0. The Labute approximate surface area is 267 Å². The summed E-state index contributed by atoms with van der Waals surface area (Å²) in [6.45, 7) is 7.50. The number of halogens is 2. The van der Waals surface area contributed by atoms with Crippen molar-refractivity contribution in [3.8, 4) is 16.5 Å². The van der Waals surface area contributed by atoms with E-state index in [1.165, 1.54) is 35.6 Å². The summed E-state index contributed by atoms with van der Waals surface area (Å²) in [5.74, 6) is -0.878. The van der Waals surface area contributed by atoms with Crippen LogP contribution in [-0.2, 0) is 0 Å². The normalized spacial score (nSPS) is 14.2. The van der Waals surface area contributed by atoms with Crippen LogP contribution in [0.1, 0.15) is 20.8 Å². The van der Waals surface area contributed by atoms with E-state index in [0.717, 1.165) is 43.2 Å². The van der Waals surface area contributed by atoms with E-state index in [1.807, 2.05) is 53.4 Å². The van der Waals surface area contributed by atoms with E-state index in [9.17, 15) is 18.8 Å². The van der Waals surface area contributed by atoms with Gasteiger partial charge in [-0.05, 0) is 107 Å². The highest BCUT2D eigenvalue weighted by atomic mass is 32.1. The third-order valence-corrected chi connectivity index (χ3v) is 8.94. The van der Waals surface area contributed by atoms with Crippen LogP contribution in [0.15, 0.2) is 133 Å². The lowest BCUT2D eigenvalue weighted by molar-refractivity contribution is 0.104. The maximum atomic E-state index is 13.7. The van der Waals surface area contributed by atoms with Crippen molar-refractivity contribution >= 4 is 56.6 Å².